The number of hydrogen-bond acceptors (Lipinski definition) is 8. The second kappa shape index (κ2) is 7.14. The third-order valence-corrected chi connectivity index (χ3v) is 5.09. The maximum absolute atomic E-state index is 12.0. The standard InChI is InChI=1S/C14H14N4O4S2/c1-2-11(19)17(9-3-4-9)13-15-16-14(24-13)23-8-7-10-5-6-12(22-10)18(20)21/h5-9H,2-4H2,1H3/b8-7+. The molecule has 8 nitrogen and oxygen atoms in total. The quantitative estimate of drug-likeness (QED) is 0.318. The first-order valence-corrected chi connectivity index (χ1v) is 9.01. The molecule has 0 aromatic carbocycles. The molecule has 24 heavy (non-hydrogen) atoms. The van der Waals surface area contributed by atoms with Crippen molar-refractivity contribution in [3.8, 4) is 0 Å². The molecule has 0 aliphatic heterocycles. The summed E-state index contributed by atoms with van der Waals surface area (Å²) in [5.74, 6) is 0.152. The normalized spacial score (nSPS) is 14.2. The van der Waals surface area contributed by atoms with Crippen LogP contribution in [0, 0.1) is 10.1 Å². The average Bonchev–Trinajstić information content (AvgIpc) is 3.09. The number of carbonyl (C=O) groups excluding carboxylic acids is 1. The molecule has 126 valence electrons. The second-order valence-corrected chi connectivity index (χ2v) is 7.16. The van der Waals surface area contributed by atoms with Crippen LogP contribution in [0.2, 0.25) is 0 Å². The molecular formula is C14H14N4O4S2. The number of rotatable bonds is 7. The fourth-order valence-electron chi connectivity index (χ4n) is 2.01. The number of thioether (sulfide) groups is 1. The van der Waals surface area contributed by atoms with Gasteiger partial charge < -0.3 is 4.42 Å². The molecule has 0 radical (unpaired) electrons. The Labute approximate surface area is 145 Å². The third kappa shape index (κ3) is 3.82. The Morgan fingerprint density at radius 2 is 2.33 bits per heavy atom. The van der Waals surface area contributed by atoms with Gasteiger partial charge in [-0.3, -0.25) is 19.8 Å². The van der Waals surface area contributed by atoms with Crippen molar-refractivity contribution in [1.82, 2.24) is 10.2 Å². The second-order valence-electron chi connectivity index (χ2n) is 5.05. The summed E-state index contributed by atoms with van der Waals surface area (Å²) in [6.45, 7) is 1.83. The topological polar surface area (TPSA) is 102 Å². The number of anilines is 1. The van der Waals surface area contributed by atoms with Crippen molar-refractivity contribution in [3.05, 3.63) is 33.4 Å². The average molecular weight is 366 g/mol. The highest BCUT2D eigenvalue weighted by atomic mass is 32.2. The van der Waals surface area contributed by atoms with Crippen molar-refractivity contribution in [2.24, 2.45) is 0 Å². The molecule has 1 saturated carbocycles. The van der Waals surface area contributed by atoms with E-state index >= 15 is 0 Å². The fraction of sp³-hybridized carbons (Fsp3) is 0.357. The number of nitro groups is 1. The largest absolute Gasteiger partial charge is 0.433 e. The van der Waals surface area contributed by atoms with Gasteiger partial charge in [0, 0.05) is 12.5 Å². The zero-order valence-corrected chi connectivity index (χ0v) is 14.4. The smallest absolute Gasteiger partial charge is 0.401 e. The minimum absolute atomic E-state index is 0.0589. The minimum Gasteiger partial charge on any atom is -0.401 e. The van der Waals surface area contributed by atoms with Crippen LogP contribution in [-0.4, -0.2) is 27.1 Å². The van der Waals surface area contributed by atoms with E-state index in [4.69, 9.17) is 4.42 Å². The Balaban J connectivity index is 1.64. The van der Waals surface area contributed by atoms with Gasteiger partial charge in [0.25, 0.3) is 0 Å². The summed E-state index contributed by atoms with van der Waals surface area (Å²) in [6.07, 6.45) is 4.07. The van der Waals surface area contributed by atoms with Crippen LogP contribution in [0.5, 0.6) is 0 Å². The van der Waals surface area contributed by atoms with Gasteiger partial charge in [-0.05, 0) is 30.4 Å². The highest BCUT2D eigenvalue weighted by Crippen LogP contribution is 2.36. The molecule has 1 fully saturated rings. The van der Waals surface area contributed by atoms with Gasteiger partial charge in [0.2, 0.25) is 11.0 Å². The third-order valence-electron chi connectivity index (χ3n) is 3.28. The summed E-state index contributed by atoms with van der Waals surface area (Å²) in [6, 6.07) is 3.08. The van der Waals surface area contributed by atoms with Gasteiger partial charge >= 0.3 is 5.88 Å². The van der Waals surface area contributed by atoms with Crippen LogP contribution in [0.1, 0.15) is 31.9 Å². The van der Waals surface area contributed by atoms with Crippen molar-refractivity contribution in [1.29, 1.82) is 0 Å². The molecule has 1 aliphatic carbocycles. The summed E-state index contributed by atoms with van der Waals surface area (Å²) >= 11 is 2.67. The lowest BCUT2D eigenvalue weighted by molar-refractivity contribution is -0.402. The van der Waals surface area contributed by atoms with Gasteiger partial charge in [0.1, 0.15) is 10.7 Å². The predicted octanol–water partition coefficient (Wildman–Crippen LogP) is 3.71. The summed E-state index contributed by atoms with van der Waals surface area (Å²) in [7, 11) is 0. The van der Waals surface area contributed by atoms with Gasteiger partial charge in [-0.1, -0.05) is 30.0 Å². The van der Waals surface area contributed by atoms with E-state index < -0.39 is 4.92 Å². The van der Waals surface area contributed by atoms with Gasteiger partial charge in [0.05, 0.1) is 6.07 Å². The molecule has 1 amide bonds. The SMILES string of the molecule is CCC(=O)N(c1nnc(S/C=C/c2ccc([N+](=O)[O-])o2)s1)C1CC1. The van der Waals surface area contributed by atoms with Gasteiger partial charge in [-0.25, -0.2) is 0 Å². The molecule has 1 aliphatic rings. The Bertz CT molecular complexity index is 781. The fourth-order valence-corrected chi connectivity index (χ4v) is 3.66. The summed E-state index contributed by atoms with van der Waals surface area (Å²) in [4.78, 5) is 23.7. The van der Waals surface area contributed by atoms with Gasteiger partial charge in [-0.2, -0.15) is 0 Å². The highest BCUT2D eigenvalue weighted by molar-refractivity contribution is 8.03. The van der Waals surface area contributed by atoms with Crippen molar-refractivity contribution >= 4 is 46.1 Å². The molecule has 3 rings (SSSR count). The van der Waals surface area contributed by atoms with E-state index in [9.17, 15) is 14.9 Å². The van der Waals surface area contributed by atoms with Crippen LogP contribution in [0.4, 0.5) is 11.0 Å². The van der Waals surface area contributed by atoms with Crippen LogP contribution >= 0.6 is 23.1 Å². The maximum Gasteiger partial charge on any atom is 0.433 e. The number of carbonyl (C=O) groups is 1. The first kappa shape index (κ1) is 16.7. The monoisotopic (exact) mass is 366 g/mol. The van der Waals surface area contributed by atoms with Crippen molar-refractivity contribution in [2.45, 2.75) is 36.6 Å². The zero-order valence-electron chi connectivity index (χ0n) is 12.7. The van der Waals surface area contributed by atoms with Crippen LogP contribution < -0.4 is 4.90 Å². The van der Waals surface area contributed by atoms with E-state index in [1.807, 2.05) is 6.92 Å². The molecule has 2 aromatic rings. The molecule has 2 aromatic heterocycles. The number of furan rings is 1. The first-order valence-electron chi connectivity index (χ1n) is 7.31. The Morgan fingerprint density at radius 3 is 2.96 bits per heavy atom. The van der Waals surface area contributed by atoms with Crippen LogP contribution in [-0.2, 0) is 4.79 Å². The Morgan fingerprint density at radius 1 is 1.54 bits per heavy atom. The van der Waals surface area contributed by atoms with E-state index in [0.29, 0.717) is 21.7 Å². The molecule has 2 heterocycles. The number of hydrogen-bond donors (Lipinski definition) is 0. The number of nitrogens with zero attached hydrogens (tertiary/aromatic N) is 4. The molecule has 0 saturated heterocycles. The van der Waals surface area contributed by atoms with Crippen LogP contribution in [0.15, 0.2) is 26.3 Å². The van der Waals surface area contributed by atoms with Gasteiger partial charge in [-0.15, -0.1) is 10.2 Å². The molecule has 0 bridgehead atoms. The van der Waals surface area contributed by atoms with E-state index in [2.05, 4.69) is 10.2 Å². The number of amides is 1. The molecule has 10 heteroatoms. The maximum atomic E-state index is 12.0. The van der Waals surface area contributed by atoms with Crippen LogP contribution in [0.25, 0.3) is 6.08 Å². The van der Waals surface area contributed by atoms with Crippen LogP contribution in [0.3, 0.4) is 0 Å². The highest BCUT2D eigenvalue weighted by Gasteiger charge is 2.35. The Kier molecular flexibility index (Phi) is 4.95. The summed E-state index contributed by atoms with van der Waals surface area (Å²) in [5, 5.41) is 21.1. The first-order chi connectivity index (χ1) is 11.6. The molecule has 0 unspecified atom stereocenters. The van der Waals surface area contributed by atoms with Crippen molar-refractivity contribution < 1.29 is 14.1 Å². The summed E-state index contributed by atoms with van der Waals surface area (Å²) in [5.41, 5.74) is 0. The van der Waals surface area contributed by atoms with E-state index in [1.54, 1.807) is 16.4 Å². The van der Waals surface area contributed by atoms with Crippen molar-refractivity contribution in [3.63, 3.8) is 0 Å². The Hall–Kier alpha value is -2.20. The van der Waals surface area contributed by atoms with E-state index in [0.717, 1.165) is 12.8 Å². The minimum atomic E-state index is -0.585. The lowest BCUT2D eigenvalue weighted by Crippen LogP contribution is -2.32. The predicted molar refractivity (Wildman–Crippen MR) is 91.0 cm³/mol. The van der Waals surface area contributed by atoms with Gasteiger partial charge in [0.15, 0.2) is 4.34 Å². The summed E-state index contributed by atoms with van der Waals surface area (Å²) < 4.78 is 5.72. The molecular weight excluding hydrogens is 352 g/mol. The van der Waals surface area contributed by atoms with E-state index in [1.165, 1.54) is 35.2 Å². The van der Waals surface area contributed by atoms with E-state index in [-0.39, 0.29) is 17.8 Å². The molecule has 0 N–H and O–H groups in total. The lowest BCUT2D eigenvalue weighted by atomic mass is 10.4. The number of aromatic nitrogens is 2. The zero-order chi connectivity index (χ0) is 17.1. The lowest BCUT2D eigenvalue weighted by Gasteiger charge is -2.17. The molecule has 0 atom stereocenters. The van der Waals surface area contributed by atoms with Crippen molar-refractivity contribution in [2.75, 3.05) is 4.90 Å². The molecule has 0 spiro atoms.